The summed E-state index contributed by atoms with van der Waals surface area (Å²) in [5.74, 6) is 0. The number of anilines is 9. The highest BCUT2D eigenvalue weighted by Gasteiger charge is 2.51. The van der Waals surface area contributed by atoms with E-state index in [1.807, 2.05) is 0 Å². The Hall–Kier alpha value is -6.46. The van der Waals surface area contributed by atoms with Gasteiger partial charge in [0.2, 0.25) is 0 Å². The monoisotopic (exact) mass is 1120 g/mol. The Bertz CT molecular complexity index is 4080. The molecule has 0 unspecified atom stereocenters. The van der Waals surface area contributed by atoms with Crippen molar-refractivity contribution < 1.29 is 4.42 Å². The summed E-state index contributed by atoms with van der Waals surface area (Å²) in [6.07, 6.45) is 9.19. The van der Waals surface area contributed by atoms with Crippen LogP contribution >= 0.6 is 0 Å². The van der Waals surface area contributed by atoms with Gasteiger partial charge in [0, 0.05) is 45.2 Å². The maximum Gasteiger partial charge on any atom is 0.297 e. The highest BCUT2D eigenvalue weighted by atomic mass is 16.3. The second kappa shape index (κ2) is 18.1. The Morgan fingerprint density at radius 1 is 0.388 bits per heavy atom. The molecule has 0 atom stereocenters. The first-order valence-electron chi connectivity index (χ1n) is 32.5. The van der Waals surface area contributed by atoms with Gasteiger partial charge in [0.15, 0.2) is 0 Å². The second-order valence-electron chi connectivity index (χ2n) is 33.7. The zero-order valence-corrected chi connectivity index (χ0v) is 55.1. The lowest BCUT2D eigenvalue weighted by Crippen LogP contribution is -2.61. The summed E-state index contributed by atoms with van der Waals surface area (Å²) >= 11 is 0. The van der Waals surface area contributed by atoms with Crippen molar-refractivity contribution in [2.24, 2.45) is 0 Å². The van der Waals surface area contributed by atoms with Gasteiger partial charge in [-0.05, 0) is 240 Å². The molecule has 4 aliphatic carbocycles. The largest absolute Gasteiger partial charge is 0.468 e. The summed E-state index contributed by atoms with van der Waals surface area (Å²) in [6, 6.07) is 51.4. The van der Waals surface area contributed by atoms with Crippen LogP contribution in [0.15, 0.2) is 132 Å². The van der Waals surface area contributed by atoms with Crippen molar-refractivity contribution in [2.45, 2.75) is 232 Å². The lowest BCUT2D eigenvalue weighted by atomic mass is 9.35. The van der Waals surface area contributed by atoms with Crippen molar-refractivity contribution in [1.82, 2.24) is 0 Å². The standard InChI is InChI=1S/C80H94BN3O/c1-72(2,3)49-25-27-51(28-26-49)84-67-44-54(82(50-23-21-20-22-24-50)52-29-31-56-58(41-52)75(8,9)35-33-73(56,4)5)43-66-69(67)81(71-70(84)55-45-60-63(48-68(55)85-71)80(18,19)40-37-77(60,12)13)64-46-61-62(79(16,17)39-38-78(61,14)15)47-65(64)83(66)53-30-32-57-59(42-53)76(10,11)36-34-74(57,6)7/h20-32,41-48H,33-40H2,1-19H3. The van der Waals surface area contributed by atoms with E-state index in [4.69, 9.17) is 4.42 Å². The minimum Gasteiger partial charge on any atom is -0.468 e. The van der Waals surface area contributed by atoms with Crippen LogP contribution in [0, 0.1) is 0 Å². The molecule has 0 bridgehead atoms. The van der Waals surface area contributed by atoms with E-state index in [2.05, 4.69) is 274 Å². The van der Waals surface area contributed by atoms with Gasteiger partial charge in [-0.2, -0.15) is 0 Å². The smallest absolute Gasteiger partial charge is 0.297 e. The van der Waals surface area contributed by atoms with Gasteiger partial charge in [-0.1, -0.05) is 180 Å². The average Bonchev–Trinajstić information content (AvgIpc) is 1.69. The molecule has 14 rings (SSSR count). The first-order chi connectivity index (χ1) is 39.7. The highest BCUT2D eigenvalue weighted by molar-refractivity contribution is 7.00. The number of hydrogen-bond donors (Lipinski definition) is 0. The Labute approximate surface area is 510 Å². The number of rotatable bonds is 5. The number of nitrogens with zero attached hydrogens (tertiary/aromatic N) is 3. The molecular weight excluding hydrogens is 1030 g/mol. The van der Waals surface area contributed by atoms with Crippen molar-refractivity contribution in [1.29, 1.82) is 0 Å². The van der Waals surface area contributed by atoms with E-state index in [0.29, 0.717) is 0 Å². The minimum absolute atomic E-state index is 0.00180. The molecule has 2 aliphatic heterocycles. The van der Waals surface area contributed by atoms with Crippen LogP contribution in [0.2, 0.25) is 0 Å². The summed E-state index contributed by atoms with van der Waals surface area (Å²) in [5.41, 5.74) is 28.4. The van der Waals surface area contributed by atoms with Crippen LogP contribution in [0.3, 0.4) is 0 Å². The molecule has 0 N–H and O–H groups in total. The molecular formula is C80H94BN3O. The zero-order chi connectivity index (χ0) is 60.3. The number of furan rings is 1. The molecule has 6 aliphatic rings. The Balaban J connectivity index is 1.15. The summed E-state index contributed by atoms with van der Waals surface area (Å²) < 4.78 is 7.89. The van der Waals surface area contributed by atoms with Gasteiger partial charge in [0.05, 0.1) is 17.0 Å². The maximum atomic E-state index is 7.89. The topological polar surface area (TPSA) is 22.9 Å². The van der Waals surface area contributed by atoms with E-state index in [9.17, 15) is 0 Å². The fourth-order valence-corrected chi connectivity index (χ4v) is 16.8. The predicted molar refractivity (Wildman–Crippen MR) is 365 cm³/mol. The van der Waals surface area contributed by atoms with Crippen LogP contribution in [0.25, 0.3) is 11.0 Å². The summed E-state index contributed by atoms with van der Waals surface area (Å²) in [6.45, 7) is 46.4. The molecule has 0 spiro atoms. The van der Waals surface area contributed by atoms with Crippen molar-refractivity contribution >= 4 is 85.5 Å². The molecule has 0 saturated carbocycles. The molecule has 7 aromatic carbocycles. The average molecular weight is 1120 g/mol. The van der Waals surface area contributed by atoms with E-state index in [0.717, 1.165) is 66.8 Å². The molecule has 0 amide bonds. The molecule has 4 nitrogen and oxygen atoms in total. The quantitative estimate of drug-likeness (QED) is 0.160. The lowest BCUT2D eigenvalue weighted by molar-refractivity contribution is 0.332. The molecule has 438 valence electrons. The minimum atomic E-state index is -0.202. The van der Waals surface area contributed by atoms with Crippen LogP contribution in [0.5, 0.6) is 0 Å². The Kier molecular flexibility index (Phi) is 12.0. The number of benzene rings is 7. The van der Waals surface area contributed by atoms with E-state index < -0.39 is 0 Å². The van der Waals surface area contributed by atoms with Crippen molar-refractivity contribution in [3.63, 3.8) is 0 Å². The third-order valence-electron chi connectivity index (χ3n) is 23.0. The third-order valence-corrected chi connectivity index (χ3v) is 23.0. The van der Waals surface area contributed by atoms with E-state index in [1.54, 1.807) is 0 Å². The second-order valence-corrected chi connectivity index (χ2v) is 33.7. The molecule has 85 heavy (non-hydrogen) atoms. The van der Waals surface area contributed by atoms with Crippen LogP contribution < -0.4 is 31.3 Å². The zero-order valence-electron chi connectivity index (χ0n) is 55.1. The van der Waals surface area contributed by atoms with E-state index >= 15 is 0 Å². The van der Waals surface area contributed by atoms with Gasteiger partial charge in [-0.25, -0.2) is 0 Å². The molecule has 0 radical (unpaired) electrons. The predicted octanol–water partition coefficient (Wildman–Crippen LogP) is 20.7. The maximum absolute atomic E-state index is 7.89. The molecule has 0 saturated heterocycles. The summed E-state index contributed by atoms with van der Waals surface area (Å²) in [4.78, 5) is 7.96. The van der Waals surface area contributed by atoms with E-state index in [1.165, 1.54) is 113 Å². The van der Waals surface area contributed by atoms with Crippen molar-refractivity contribution in [2.75, 3.05) is 14.7 Å². The first-order valence-corrected chi connectivity index (χ1v) is 32.5. The normalized spacial score (nSPS) is 21.0. The summed E-state index contributed by atoms with van der Waals surface area (Å²) in [7, 11) is 0. The van der Waals surface area contributed by atoms with Crippen LogP contribution in [-0.2, 0) is 48.7 Å². The number of fused-ring (bicyclic) bond motifs is 10. The van der Waals surface area contributed by atoms with Gasteiger partial charge in [0.1, 0.15) is 5.58 Å². The Morgan fingerprint density at radius 3 is 1.38 bits per heavy atom. The number of hydrogen-bond acceptors (Lipinski definition) is 4. The van der Waals surface area contributed by atoms with Crippen LogP contribution in [-0.4, -0.2) is 6.71 Å². The van der Waals surface area contributed by atoms with Gasteiger partial charge >= 0.3 is 0 Å². The fourth-order valence-electron chi connectivity index (χ4n) is 16.8. The molecule has 1 aromatic heterocycles. The molecule has 3 heterocycles. The highest BCUT2D eigenvalue weighted by Crippen LogP contribution is 2.57. The SMILES string of the molecule is CC(C)(C)c1ccc(N2c3cc(N(c4ccccc4)c4ccc5c(c4)C(C)(C)CCC5(C)C)cc4c3B(c3cc5c(cc3N4c3ccc4c(c3)C(C)(C)CCC4(C)C)C(C)(C)CCC5(C)C)c3oc4cc5c(cc4c32)C(C)(C)CCC5(C)C)cc1. The van der Waals surface area contributed by atoms with Gasteiger partial charge < -0.3 is 19.1 Å². The van der Waals surface area contributed by atoms with Crippen LogP contribution in [0.1, 0.15) is 233 Å². The van der Waals surface area contributed by atoms with Gasteiger partial charge in [0.25, 0.3) is 6.71 Å². The lowest BCUT2D eigenvalue weighted by Gasteiger charge is -2.47. The number of para-hydroxylation sites is 1. The van der Waals surface area contributed by atoms with Crippen LogP contribution in [0.4, 0.5) is 51.2 Å². The first kappa shape index (κ1) is 56.4. The Morgan fingerprint density at radius 2 is 0.835 bits per heavy atom. The molecule has 5 heteroatoms. The van der Waals surface area contributed by atoms with E-state index in [-0.39, 0.29) is 55.4 Å². The van der Waals surface area contributed by atoms with Gasteiger partial charge in [-0.15, -0.1) is 0 Å². The van der Waals surface area contributed by atoms with Crippen molar-refractivity contribution in [3.05, 3.63) is 177 Å². The molecule has 0 fully saturated rings. The summed E-state index contributed by atoms with van der Waals surface area (Å²) in [5, 5.41) is 1.19. The van der Waals surface area contributed by atoms with Gasteiger partial charge in [-0.3, -0.25) is 0 Å². The fraction of sp³-hybridized carbons (Fsp3) is 0.450. The molecule has 8 aromatic rings. The third kappa shape index (κ3) is 8.55. The van der Waals surface area contributed by atoms with Crippen molar-refractivity contribution in [3.8, 4) is 0 Å².